The minimum Gasteiger partial charge on any atom is -0.496 e. The molecular weight excluding hydrogens is 262 g/mol. The smallest absolute Gasteiger partial charge is 0.161 e. The molecule has 0 radical (unpaired) electrons. The number of benzene rings is 1. The van der Waals surface area contributed by atoms with Crippen LogP contribution in [0.1, 0.15) is 16.5 Å². The van der Waals surface area contributed by atoms with E-state index in [2.05, 4.69) is 0 Å². The highest BCUT2D eigenvalue weighted by molar-refractivity contribution is 7.10. The lowest BCUT2D eigenvalue weighted by molar-refractivity contribution is 0.354. The van der Waals surface area contributed by atoms with Gasteiger partial charge in [-0.1, -0.05) is 6.07 Å². The highest BCUT2D eigenvalue weighted by Gasteiger charge is 2.14. The number of methoxy groups -OCH3 is 3. The van der Waals surface area contributed by atoms with Crippen LogP contribution < -0.4 is 19.9 Å². The minimum atomic E-state index is -0.200. The van der Waals surface area contributed by atoms with Gasteiger partial charge in [0.05, 0.1) is 27.4 Å². The van der Waals surface area contributed by atoms with Gasteiger partial charge in [-0.2, -0.15) is 0 Å². The van der Waals surface area contributed by atoms with E-state index in [1.165, 1.54) is 0 Å². The molecule has 1 heterocycles. The van der Waals surface area contributed by atoms with Crippen molar-refractivity contribution in [3.63, 3.8) is 0 Å². The SMILES string of the molecule is COc1csc(C(N)c2ccc(OC)c(OC)c2)c1. The fraction of sp³-hybridized carbons (Fsp3) is 0.286. The van der Waals surface area contributed by atoms with Gasteiger partial charge in [-0.15, -0.1) is 11.3 Å². The van der Waals surface area contributed by atoms with Crippen molar-refractivity contribution in [3.8, 4) is 17.2 Å². The van der Waals surface area contributed by atoms with E-state index in [9.17, 15) is 0 Å². The molecule has 0 saturated heterocycles. The molecule has 0 aliphatic heterocycles. The van der Waals surface area contributed by atoms with Gasteiger partial charge in [-0.05, 0) is 23.8 Å². The van der Waals surface area contributed by atoms with Gasteiger partial charge < -0.3 is 19.9 Å². The first-order valence-electron chi connectivity index (χ1n) is 5.79. The van der Waals surface area contributed by atoms with Crippen LogP contribution in [0.5, 0.6) is 17.2 Å². The summed E-state index contributed by atoms with van der Waals surface area (Å²) in [6.07, 6.45) is 0. The van der Waals surface area contributed by atoms with Crippen LogP contribution in [0.3, 0.4) is 0 Å². The van der Waals surface area contributed by atoms with Gasteiger partial charge in [0.1, 0.15) is 5.75 Å². The van der Waals surface area contributed by atoms with E-state index in [1.807, 2.05) is 29.6 Å². The molecule has 102 valence electrons. The van der Waals surface area contributed by atoms with Crippen LogP contribution in [-0.4, -0.2) is 21.3 Å². The van der Waals surface area contributed by atoms with E-state index < -0.39 is 0 Å². The zero-order valence-electron chi connectivity index (χ0n) is 11.2. The maximum Gasteiger partial charge on any atom is 0.161 e. The molecule has 0 amide bonds. The van der Waals surface area contributed by atoms with Gasteiger partial charge in [0.15, 0.2) is 11.5 Å². The van der Waals surface area contributed by atoms with E-state index in [4.69, 9.17) is 19.9 Å². The van der Waals surface area contributed by atoms with Crippen LogP contribution in [0.2, 0.25) is 0 Å². The fourth-order valence-electron chi connectivity index (χ4n) is 1.82. The van der Waals surface area contributed by atoms with E-state index in [-0.39, 0.29) is 6.04 Å². The summed E-state index contributed by atoms with van der Waals surface area (Å²) in [5.41, 5.74) is 7.23. The summed E-state index contributed by atoms with van der Waals surface area (Å²) in [6.45, 7) is 0. The standard InChI is InChI=1S/C14H17NO3S/c1-16-10-7-13(19-8-10)14(15)9-4-5-11(17-2)12(6-9)18-3/h4-8,14H,15H2,1-3H3. The third-order valence-electron chi connectivity index (χ3n) is 2.90. The number of rotatable bonds is 5. The summed E-state index contributed by atoms with van der Waals surface area (Å²) < 4.78 is 15.7. The molecule has 2 N–H and O–H groups in total. The van der Waals surface area contributed by atoms with Gasteiger partial charge >= 0.3 is 0 Å². The second-order valence-corrected chi connectivity index (χ2v) is 4.92. The first-order valence-corrected chi connectivity index (χ1v) is 6.67. The van der Waals surface area contributed by atoms with Gasteiger partial charge in [0.2, 0.25) is 0 Å². The van der Waals surface area contributed by atoms with E-state index in [0.717, 1.165) is 16.2 Å². The summed E-state index contributed by atoms with van der Waals surface area (Å²) in [4.78, 5) is 1.05. The molecule has 1 atom stereocenters. The first kappa shape index (κ1) is 13.7. The molecule has 1 aromatic carbocycles. The maximum atomic E-state index is 6.26. The molecule has 1 unspecified atom stereocenters. The monoisotopic (exact) mass is 279 g/mol. The summed E-state index contributed by atoms with van der Waals surface area (Å²) in [5.74, 6) is 2.21. The first-order chi connectivity index (χ1) is 9.19. The molecule has 0 bridgehead atoms. The van der Waals surface area contributed by atoms with Gasteiger partial charge in [-0.25, -0.2) is 0 Å². The van der Waals surface area contributed by atoms with Gasteiger partial charge in [0, 0.05) is 10.3 Å². The lowest BCUT2D eigenvalue weighted by atomic mass is 10.1. The number of ether oxygens (including phenoxy) is 3. The van der Waals surface area contributed by atoms with Gasteiger partial charge in [-0.3, -0.25) is 0 Å². The van der Waals surface area contributed by atoms with Crippen LogP contribution in [-0.2, 0) is 0 Å². The average Bonchev–Trinajstić information content (AvgIpc) is 2.94. The molecule has 2 aromatic rings. The summed E-state index contributed by atoms with van der Waals surface area (Å²) in [5, 5.41) is 1.94. The van der Waals surface area contributed by atoms with Crippen molar-refractivity contribution in [3.05, 3.63) is 40.1 Å². The molecular formula is C14H17NO3S. The molecule has 0 aliphatic carbocycles. The lowest BCUT2D eigenvalue weighted by Gasteiger charge is -2.13. The normalized spacial score (nSPS) is 12.0. The summed E-state index contributed by atoms with van der Waals surface area (Å²) in [7, 11) is 4.87. The summed E-state index contributed by atoms with van der Waals surface area (Å²) in [6, 6.07) is 7.45. The highest BCUT2D eigenvalue weighted by Crippen LogP contribution is 2.34. The second-order valence-electron chi connectivity index (χ2n) is 3.98. The predicted molar refractivity (Wildman–Crippen MR) is 76.4 cm³/mol. The van der Waals surface area contributed by atoms with E-state index >= 15 is 0 Å². The molecule has 2 rings (SSSR count). The van der Waals surface area contributed by atoms with Crippen LogP contribution in [0.15, 0.2) is 29.6 Å². The zero-order valence-corrected chi connectivity index (χ0v) is 12.0. The van der Waals surface area contributed by atoms with Crippen molar-refractivity contribution >= 4 is 11.3 Å². The van der Waals surface area contributed by atoms with Crippen LogP contribution in [0.4, 0.5) is 0 Å². The quantitative estimate of drug-likeness (QED) is 0.914. The van der Waals surface area contributed by atoms with Crippen molar-refractivity contribution in [2.24, 2.45) is 5.73 Å². The lowest BCUT2D eigenvalue weighted by Crippen LogP contribution is -2.10. The Balaban J connectivity index is 2.30. The van der Waals surface area contributed by atoms with Gasteiger partial charge in [0.25, 0.3) is 0 Å². The topological polar surface area (TPSA) is 53.7 Å². The number of hydrogen-bond donors (Lipinski definition) is 1. The Hall–Kier alpha value is -1.72. The van der Waals surface area contributed by atoms with Crippen LogP contribution in [0, 0.1) is 0 Å². The Bertz CT molecular complexity index is 553. The molecule has 19 heavy (non-hydrogen) atoms. The minimum absolute atomic E-state index is 0.200. The predicted octanol–water partition coefficient (Wildman–Crippen LogP) is 2.82. The Morgan fingerprint density at radius 3 is 2.32 bits per heavy atom. The van der Waals surface area contributed by atoms with Crippen LogP contribution in [0.25, 0.3) is 0 Å². The Labute approximate surface area is 116 Å². The molecule has 0 fully saturated rings. The molecule has 5 heteroatoms. The third-order valence-corrected chi connectivity index (χ3v) is 3.90. The molecule has 0 aliphatic rings. The molecule has 4 nitrogen and oxygen atoms in total. The number of thiophene rings is 1. The largest absolute Gasteiger partial charge is 0.496 e. The van der Waals surface area contributed by atoms with Crippen molar-refractivity contribution in [1.82, 2.24) is 0 Å². The average molecular weight is 279 g/mol. The van der Waals surface area contributed by atoms with E-state index in [0.29, 0.717) is 11.5 Å². The van der Waals surface area contributed by atoms with Crippen molar-refractivity contribution < 1.29 is 14.2 Å². The summed E-state index contributed by atoms with van der Waals surface area (Å²) >= 11 is 1.58. The molecule has 1 aromatic heterocycles. The Kier molecular flexibility index (Phi) is 4.29. The van der Waals surface area contributed by atoms with Crippen LogP contribution >= 0.6 is 11.3 Å². The van der Waals surface area contributed by atoms with E-state index in [1.54, 1.807) is 32.7 Å². The molecule has 0 spiro atoms. The van der Waals surface area contributed by atoms with Crippen molar-refractivity contribution in [1.29, 1.82) is 0 Å². The highest BCUT2D eigenvalue weighted by atomic mass is 32.1. The third kappa shape index (κ3) is 2.83. The van der Waals surface area contributed by atoms with Crippen molar-refractivity contribution in [2.45, 2.75) is 6.04 Å². The molecule has 0 saturated carbocycles. The number of hydrogen-bond acceptors (Lipinski definition) is 5. The Morgan fingerprint density at radius 1 is 1.00 bits per heavy atom. The fourth-order valence-corrected chi connectivity index (χ4v) is 2.70. The second kappa shape index (κ2) is 5.95. The Morgan fingerprint density at radius 2 is 1.74 bits per heavy atom. The van der Waals surface area contributed by atoms with Crippen molar-refractivity contribution in [2.75, 3.05) is 21.3 Å². The number of nitrogens with two attached hydrogens (primary N) is 1. The maximum absolute atomic E-state index is 6.26. The zero-order chi connectivity index (χ0) is 13.8.